The zero-order valence-electron chi connectivity index (χ0n) is 13.3. The molecule has 1 aromatic rings. The molecule has 0 spiro atoms. The minimum absolute atomic E-state index is 0.0326. The van der Waals surface area contributed by atoms with Crippen molar-refractivity contribution in [3.05, 3.63) is 29.3 Å². The van der Waals surface area contributed by atoms with Gasteiger partial charge in [0, 0.05) is 12.6 Å². The fraction of sp³-hybridized carbons (Fsp3) is 0.500. The van der Waals surface area contributed by atoms with Crippen molar-refractivity contribution in [3.63, 3.8) is 0 Å². The van der Waals surface area contributed by atoms with Crippen LogP contribution in [0.3, 0.4) is 0 Å². The van der Waals surface area contributed by atoms with Gasteiger partial charge in [0.15, 0.2) is 6.23 Å². The van der Waals surface area contributed by atoms with Crippen molar-refractivity contribution < 1.29 is 28.2 Å². The van der Waals surface area contributed by atoms with Gasteiger partial charge in [-0.25, -0.2) is 18.4 Å². The number of ether oxygens (including phenoxy) is 1. The second kappa shape index (κ2) is 5.76. The van der Waals surface area contributed by atoms with Crippen LogP contribution in [0.4, 0.5) is 24.1 Å². The summed E-state index contributed by atoms with van der Waals surface area (Å²) >= 11 is 1.80. The molecule has 2 amide bonds. The Kier molecular flexibility index (Phi) is 3.78. The number of cyclic esters (lactones) is 1. The largest absolute Gasteiger partial charge is 0.465 e. The van der Waals surface area contributed by atoms with Gasteiger partial charge in [0.2, 0.25) is 0 Å². The molecule has 1 unspecified atom stereocenters. The number of hydrogen-bond donors (Lipinski definition) is 1. The highest BCUT2D eigenvalue weighted by Gasteiger charge is 2.55. The molecule has 3 fully saturated rings. The lowest BCUT2D eigenvalue weighted by molar-refractivity contribution is 0.0415. The molecule has 1 aromatic carbocycles. The fourth-order valence-corrected chi connectivity index (χ4v) is 5.29. The molecule has 1 saturated carbocycles. The Balaban J connectivity index is 1.57. The number of benzene rings is 1. The topological polar surface area (TPSA) is 70.1 Å². The average Bonchev–Trinajstić information content (AvgIpc) is 2.90. The zero-order chi connectivity index (χ0) is 17.9. The van der Waals surface area contributed by atoms with Gasteiger partial charge in [-0.1, -0.05) is 0 Å². The molecule has 1 N–H and O–H groups in total. The number of amides is 2. The average molecular weight is 370 g/mol. The second-order valence-corrected chi connectivity index (χ2v) is 7.63. The van der Waals surface area contributed by atoms with Crippen molar-refractivity contribution in [3.8, 4) is 0 Å². The molecule has 4 rings (SSSR count). The van der Waals surface area contributed by atoms with Gasteiger partial charge >= 0.3 is 12.2 Å². The summed E-state index contributed by atoms with van der Waals surface area (Å²) in [4.78, 5) is 24.8. The SMILES string of the molecule is CN(C(=O)O)[C@@H]1CN(c2cc(F)c(C3[C@H]4CSC[C@@H]34)c(F)c2)C(=O)O1. The number of carboxylic acid groups (broad SMARTS) is 1. The molecule has 2 heterocycles. The Morgan fingerprint density at radius 3 is 2.48 bits per heavy atom. The van der Waals surface area contributed by atoms with E-state index < -0.39 is 30.0 Å². The number of fused-ring (bicyclic) bond motifs is 1. The Morgan fingerprint density at radius 2 is 1.92 bits per heavy atom. The van der Waals surface area contributed by atoms with E-state index in [-0.39, 0.29) is 23.7 Å². The Bertz CT molecular complexity index is 729. The van der Waals surface area contributed by atoms with E-state index in [0.717, 1.165) is 33.4 Å². The van der Waals surface area contributed by atoms with Crippen LogP contribution in [-0.2, 0) is 4.74 Å². The van der Waals surface area contributed by atoms with Crippen molar-refractivity contribution in [1.82, 2.24) is 4.90 Å². The molecule has 2 aliphatic heterocycles. The van der Waals surface area contributed by atoms with E-state index in [1.54, 1.807) is 11.8 Å². The number of likely N-dealkylation sites (N-methyl/N-ethyl adjacent to an activating group) is 1. The molecule has 0 aromatic heterocycles. The lowest BCUT2D eigenvalue weighted by atomic mass is 10.1. The Labute approximate surface area is 146 Å². The zero-order valence-corrected chi connectivity index (χ0v) is 14.1. The van der Waals surface area contributed by atoms with Crippen LogP contribution in [0.1, 0.15) is 11.5 Å². The molecule has 0 bridgehead atoms. The summed E-state index contributed by atoms with van der Waals surface area (Å²) < 4.78 is 34.1. The summed E-state index contributed by atoms with van der Waals surface area (Å²) in [6.07, 6.45) is -3.11. The Morgan fingerprint density at radius 1 is 1.32 bits per heavy atom. The molecular weight excluding hydrogens is 354 g/mol. The minimum Gasteiger partial charge on any atom is -0.465 e. The minimum atomic E-state index is -1.26. The van der Waals surface area contributed by atoms with Crippen LogP contribution < -0.4 is 4.90 Å². The molecule has 134 valence electrons. The summed E-state index contributed by atoms with van der Waals surface area (Å²) in [6, 6.07) is 2.26. The number of nitrogens with zero attached hydrogens (tertiary/aromatic N) is 2. The van der Waals surface area contributed by atoms with E-state index in [0.29, 0.717) is 11.8 Å². The standard InChI is InChI=1S/C16H16F2N2O4S/c1-19(15(21)22)12-4-20(16(23)24-12)7-2-10(17)14(11(18)3-7)13-8-5-25-6-9(8)13/h2-3,8-9,12-13H,4-6H2,1H3,(H,21,22)/t8-,9+,12-,13?/m0/s1. The molecule has 25 heavy (non-hydrogen) atoms. The molecule has 9 heteroatoms. The highest BCUT2D eigenvalue weighted by molar-refractivity contribution is 7.99. The van der Waals surface area contributed by atoms with E-state index in [2.05, 4.69) is 0 Å². The lowest BCUT2D eigenvalue weighted by Crippen LogP contribution is -2.38. The maximum Gasteiger partial charge on any atom is 0.416 e. The van der Waals surface area contributed by atoms with Crippen molar-refractivity contribution in [1.29, 1.82) is 0 Å². The highest BCUT2D eigenvalue weighted by atomic mass is 32.2. The van der Waals surface area contributed by atoms with Crippen molar-refractivity contribution in [2.24, 2.45) is 11.8 Å². The van der Waals surface area contributed by atoms with Gasteiger partial charge < -0.3 is 9.84 Å². The van der Waals surface area contributed by atoms with Crippen LogP contribution in [0, 0.1) is 23.5 Å². The van der Waals surface area contributed by atoms with Gasteiger partial charge in [-0.15, -0.1) is 0 Å². The first-order valence-corrected chi connectivity index (χ1v) is 9.04. The van der Waals surface area contributed by atoms with Gasteiger partial charge in [0.1, 0.15) is 11.6 Å². The van der Waals surface area contributed by atoms with Crippen LogP contribution in [0.25, 0.3) is 0 Å². The third-order valence-corrected chi connectivity index (χ3v) is 6.43. The van der Waals surface area contributed by atoms with Gasteiger partial charge in [-0.2, -0.15) is 11.8 Å². The van der Waals surface area contributed by atoms with Crippen LogP contribution in [0.15, 0.2) is 12.1 Å². The van der Waals surface area contributed by atoms with E-state index in [4.69, 9.17) is 9.84 Å². The maximum atomic E-state index is 14.5. The number of hydrogen-bond acceptors (Lipinski definition) is 4. The summed E-state index contributed by atoms with van der Waals surface area (Å²) in [7, 11) is 1.26. The smallest absolute Gasteiger partial charge is 0.416 e. The maximum absolute atomic E-state index is 14.5. The van der Waals surface area contributed by atoms with Gasteiger partial charge in [-0.3, -0.25) is 9.80 Å². The van der Waals surface area contributed by atoms with Crippen LogP contribution in [0.5, 0.6) is 0 Å². The number of carbonyl (C=O) groups excluding carboxylic acids is 1. The molecule has 1 aliphatic carbocycles. The third kappa shape index (κ3) is 2.61. The summed E-state index contributed by atoms with van der Waals surface area (Å²) in [5.41, 5.74) is 0.135. The summed E-state index contributed by atoms with van der Waals surface area (Å²) in [5.74, 6) is 1.13. The second-order valence-electron chi connectivity index (χ2n) is 6.56. The molecule has 0 radical (unpaired) electrons. The summed E-state index contributed by atoms with van der Waals surface area (Å²) in [6.45, 7) is -0.120. The first-order valence-electron chi connectivity index (χ1n) is 7.89. The normalized spacial score (nSPS) is 30.2. The van der Waals surface area contributed by atoms with Crippen LogP contribution in [0.2, 0.25) is 0 Å². The van der Waals surface area contributed by atoms with Crippen molar-refractivity contribution in [2.45, 2.75) is 12.1 Å². The van der Waals surface area contributed by atoms with Crippen molar-refractivity contribution >= 4 is 29.6 Å². The third-order valence-electron chi connectivity index (χ3n) is 5.19. The Hall–Kier alpha value is -2.03. The van der Waals surface area contributed by atoms with E-state index in [1.165, 1.54) is 7.05 Å². The number of halogens is 2. The summed E-state index contributed by atoms with van der Waals surface area (Å²) in [5, 5.41) is 8.95. The quantitative estimate of drug-likeness (QED) is 0.886. The predicted molar refractivity (Wildman–Crippen MR) is 86.8 cm³/mol. The van der Waals surface area contributed by atoms with Gasteiger partial charge in [-0.05, 0) is 41.4 Å². The van der Waals surface area contributed by atoms with Gasteiger partial charge in [0.25, 0.3) is 0 Å². The number of rotatable bonds is 3. The van der Waals surface area contributed by atoms with Gasteiger partial charge in [0.05, 0.1) is 12.2 Å². The first kappa shape index (κ1) is 16.4. The monoisotopic (exact) mass is 370 g/mol. The molecular formula is C16H16F2N2O4S. The highest BCUT2D eigenvalue weighted by Crippen LogP contribution is 2.62. The molecule has 2 saturated heterocycles. The van der Waals surface area contributed by atoms with E-state index >= 15 is 0 Å². The van der Waals surface area contributed by atoms with Crippen molar-refractivity contribution in [2.75, 3.05) is 30.0 Å². The van der Waals surface area contributed by atoms with Crippen LogP contribution in [-0.4, -0.2) is 53.5 Å². The van der Waals surface area contributed by atoms with E-state index in [9.17, 15) is 18.4 Å². The number of anilines is 1. The number of carbonyl (C=O) groups is 2. The predicted octanol–water partition coefficient (Wildman–Crippen LogP) is 2.93. The fourth-order valence-electron chi connectivity index (χ4n) is 3.70. The molecule has 3 aliphatic rings. The molecule has 6 nitrogen and oxygen atoms in total. The lowest BCUT2D eigenvalue weighted by Gasteiger charge is -2.19. The number of thioether (sulfide) groups is 1. The first-order chi connectivity index (χ1) is 11.9. The molecule has 4 atom stereocenters. The van der Waals surface area contributed by atoms with E-state index in [1.807, 2.05) is 0 Å². The van der Waals surface area contributed by atoms with Crippen LogP contribution >= 0.6 is 11.8 Å².